The zero-order chi connectivity index (χ0) is 14.7. The van der Waals surface area contributed by atoms with Gasteiger partial charge in [0, 0.05) is 51.9 Å². The summed E-state index contributed by atoms with van der Waals surface area (Å²) in [5.74, 6) is 0.0971. The van der Waals surface area contributed by atoms with Crippen LogP contribution in [-0.4, -0.2) is 62.0 Å². The summed E-state index contributed by atoms with van der Waals surface area (Å²) in [6.07, 6.45) is 0. The lowest BCUT2D eigenvalue weighted by Gasteiger charge is -2.29. The van der Waals surface area contributed by atoms with Gasteiger partial charge in [-0.05, 0) is 23.3 Å². The number of nitrogens with zero attached hydrogens (tertiary/aromatic N) is 2. The third-order valence-corrected chi connectivity index (χ3v) is 4.28. The van der Waals surface area contributed by atoms with Gasteiger partial charge in [-0.2, -0.15) is 0 Å². The molecule has 0 saturated carbocycles. The lowest BCUT2D eigenvalue weighted by Crippen LogP contribution is -2.46. The first-order valence-corrected chi connectivity index (χ1v) is 7.62. The minimum Gasteiger partial charge on any atom is -0.372 e. The van der Waals surface area contributed by atoms with E-state index in [1.54, 1.807) is 0 Å². The van der Waals surface area contributed by atoms with Crippen LogP contribution in [0.5, 0.6) is 0 Å². The molecule has 3 rings (SSSR count). The van der Waals surface area contributed by atoms with Gasteiger partial charge in [0.15, 0.2) is 0 Å². The summed E-state index contributed by atoms with van der Waals surface area (Å²) >= 11 is 0. The number of amides is 1. The molecule has 21 heavy (non-hydrogen) atoms. The lowest BCUT2D eigenvalue weighted by atomic mass is 10.1. The van der Waals surface area contributed by atoms with Gasteiger partial charge >= 0.3 is 0 Å². The summed E-state index contributed by atoms with van der Waals surface area (Å²) < 4.78 is 5.40. The summed E-state index contributed by atoms with van der Waals surface area (Å²) in [6.45, 7) is 7.23. The van der Waals surface area contributed by atoms with Gasteiger partial charge in [0.2, 0.25) is 0 Å². The van der Waals surface area contributed by atoms with Crippen LogP contribution in [0.25, 0.3) is 0 Å². The number of ether oxygens (including phenoxy) is 1. The Bertz CT molecular complexity index is 512. The molecule has 1 fully saturated rings. The van der Waals surface area contributed by atoms with E-state index in [-0.39, 0.29) is 5.91 Å². The predicted octanol–water partition coefficient (Wildman–Crippen LogP) is 0.694. The number of fused-ring (bicyclic) bond motifs is 1. The monoisotopic (exact) mass is 289 g/mol. The van der Waals surface area contributed by atoms with Crippen LogP contribution in [-0.2, 0) is 18.0 Å². The zero-order valence-electron chi connectivity index (χ0n) is 12.6. The highest BCUT2D eigenvalue weighted by Gasteiger charge is 2.17. The van der Waals surface area contributed by atoms with Gasteiger partial charge < -0.3 is 15.0 Å². The van der Waals surface area contributed by atoms with Gasteiger partial charge in [-0.1, -0.05) is 6.07 Å². The van der Waals surface area contributed by atoms with Gasteiger partial charge in [0.05, 0.1) is 13.2 Å². The molecule has 0 unspecified atom stereocenters. The summed E-state index contributed by atoms with van der Waals surface area (Å²) in [4.78, 5) is 16.7. The van der Waals surface area contributed by atoms with E-state index in [4.69, 9.17) is 4.74 Å². The smallest absolute Gasteiger partial charge is 0.253 e. The van der Waals surface area contributed by atoms with Crippen LogP contribution in [0.1, 0.15) is 21.5 Å². The second kappa shape index (κ2) is 6.56. The molecule has 2 heterocycles. The molecule has 5 heteroatoms. The van der Waals surface area contributed by atoms with Crippen molar-refractivity contribution in [1.29, 1.82) is 0 Å². The van der Waals surface area contributed by atoms with Crippen molar-refractivity contribution >= 4 is 5.91 Å². The zero-order valence-corrected chi connectivity index (χ0v) is 12.6. The Morgan fingerprint density at radius 1 is 1.29 bits per heavy atom. The Balaban J connectivity index is 1.56. The highest BCUT2D eigenvalue weighted by atomic mass is 16.5. The van der Waals surface area contributed by atoms with Crippen LogP contribution < -0.4 is 5.32 Å². The fraction of sp³-hybridized carbons (Fsp3) is 0.562. The molecule has 5 nitrogen and oxygen atoms in total. The standard InChI is InChI=1S/C16H23N3O2/c1-18(8-9-19-6-4-17-5-7-19)16(20)13-2-3-14-11-21-12-15(14)10-13/h2-3,10,17H,4-9,11-12H2,1H3. The average Bonchev–Trinajstić information content (AvgIpc) is 3.00. The number of carbonyl (C=O) groups excluding carboxylic acids is 1. The van der Waals surface area contributed by atoms with Crippen molar-refractivity contribution in [2.45, 2.75) is 13.2 Å². The van der Waals surface area contributed by atoms with Crippen molar-refractivity contribution in [3.63, 3.8) is 0 Å². The van der Waals surface area contributed by atoms with E-state index in [1.807, 2.05) is 30.1 Å². The van der Waals surface area contributed by atoms with Gasteiger partial charge in [-0.25, -0.2) is 0 Å². The van der Waals surface area contributed by atoms with Crippen molar-refractivity contribution < 1.29 is 9.53 Å². The minimum absolute atomic E-state index is 0.0971. The highest BCUT2D eigenvalue weighted by Crippen LogP contribution is 2.21. The van der Waals surface area contributed by atoms with Crippen molar-refractivity contribution in [2.24, 2.45) is 0 Å². The number of carbonyl (C=O) groups is 1. The molecule has 1 amide bonds. The maximum Gasteiger partial charge on any atom is 0.253 e. The van der Waals surface area contributed by atoms with Crippen LogP contribution in [0, 0.1) is 0 Å². The molecule has 1 saturated heterocycles. The number of piperazine rings is 1. The number of likely N-dealkylation sites (N-methyl/N-ethyl adjacent to an activating group) is 1. The molecule has 0 spiro atoms. The Morgan fingerprint density at radius 2 is 2.05 bits per heavy atom. The van der Waals surface area contributed by atoms with E-state index in [1.165, 1.54) is 5.56 Å². The van der Waals surface area contributed by atoms with Crippen LogP contribution in [0.15, 0.2) is 18.2 Å². The number of rotatable bonds is 4. The molecule has 2 aliphatic heterocycles. The molecule has 0 radical (unpaired) electrons. The second-order valence-electron chi connectivity index (χ2n) is 5.79. The van der Waals surface area contributed by atoms with Crippen LogP contribution in [0.4, 0.5) is 0 Å². The Hall–Kier alpha value is -1.43. The quantitative estimate of drug-likeness (QED) is 0.886. The van der Waals surface area contributed by atoms with Crippen LogP contribution in [0.2, 0.25) is 0 Å². The van der Waals surface area contributed by atoms with Gasteiger partial charge in [-0.3, -0.25) is 9.69 Å². The number of hydrogen-bond donors (Lipinski definition) is 1. The molecular formula is C16H23N3O2. The first-order valence-electron chi connectivity index (χ1n) is 7.62. The molecule has 0 bridgehead atoms. The Morgan fingerprint density at radius 3 is 2.86 bits per heavy atom. The van der Waals surface area contributed by atoms with E-state index in [2.05, 4.69) is 10.2 Å². The SMILES string of the molecule is CN(CCN1CCNCC1)C(=O)c1ccc2c(c1)COC2. The summed E-state index contributed by atoms with van der Waals surface area (Å²) in [7, 11) is 1.88. The Labute approximate surface area is 125 Å². The lowest BCUT2D eigenvalue weighted by molar-refractivity contribution is 0.0774. The molecule has 1 N–H and O–H groups in total. The van der Waals surface area contributed by atoms with E-state index in [0.29, 0.717) is 13.2 Å². The number of nitrogens with one attached hydrogen (secondary N) is 1. The molecule has 0 atom stereocenters. The number of hydrogen-bond acceptors (Lipinski definition) is 4. The fourth-order valence-corrected chi connectivity index (χ4v) is 2.85. The maximum absolute atomic E-state index is 12.5. The molecule has 114 valence electrons. The normalized spacial score (nSPS) is 18.5. The van der Waals surface area contributed by atoms with Crippen LogP contribution >= 0.6 is 0 Å². The third kappa shape index (κ3) is 3.43. The first kappa shape index (κ1) is 14.5. The first-order chi connectivity index (χ1) is 10.2. The maximum atomic E-state index is 12.5. The van der Waals surface area contributed by atoms with E-state index in [9.17, 15) is 4.79 Å². The molecule has 1 aromatic rings. The molecule has 2 aliphatic rings. The molecular weight excluding hydrogens is 266 g/mol. The predicted molar refractivity (Wildman–Crippen MR) is 81.2 cm³/mol. The average molecular weight is 289 g/mol. The van der Waals surface area contributed by atoms with Gasteiger partial charge in [-0.15, -0.1) is 0 Å². The highest BCUT2D eigenvalue weighted by molar-refractivity contribution is 5.94. The number of benzene rings is 1. The van der Waals surface area contributed by atoms with Gasteiger partial charge in [0.1, 0.15) is 0 Å². The summed E-state index contributed by atoms with van der Waals surface area (Å²) in [6, 6.07) is 5.91. The second-order valence-corrected chi connectivity index (χ2v) is 5.79. The summed E-state index contributed by atoms with van der Waals surface area (Å²) in [5.41, 5.74) is 3.12. The third-order valence-electron chi connectivity index (χ3n) is 4.28. The molecule has 1 aromatic carbocycles. The van der Waals surface area contributed by atoms with Crippen LogP contribution in [0.3, 0.4) is 0 Å². The van der Waals surface area contributed by atoms with Crippen molar-refractivity contribution in [3.8, 4) is 0 Å². The van der Waals surface area contributed by atoms with Crippen molar-refractivity contribution in [2.75, 3.05) is 46.3 Å². The molecule has 0 aliphatic carbocycles. The Kier molecular flexibility index (Phi) is 4.53. The van der Waals surface area contributed by atoms with E-state index in [0.717, 1.165) is 50.4 Å². The summed E-state index contributed by atoms with van der Waals surface area (Å²) in [5, 5.41) is 3.34. The van der Waals surface area contributed by atoms with Crippen molar-refractivity contribution in [3.05, 3.63) is 34.9 Å². The van der Waals surface area contributed by atoms with E-state index >= 15 is 0 Å². The van der Waals surface area contributed by atoms with Crippen molar-refractivity contribution in [1.82, 2.24) is 15.1 Å². The largest absolute Gasteiger partial charge is 0.372 e. The topological polar surface area (TPSA) is 44.8 Å². The van der Waals surface area contributed by atoms with Gasteiger partial charge in [0.25, 0.3) is 5.91 Å². The fourth-order valence-electron chi connectivity index (χ4n) is 2.85. The minimum atomic E-state index is 0.0971. The molecule has 0 aromatic heterocycles. The van der Waals surface area contributed by atoms with E-state index < -0.39 is 0 Å².